The molecule has 3 saturated carbocycles. The van der Waals surface area contributed by atoms with Gasteiger partial charge in [-0.25, -0.2) is 0 Å². The van der Waals surface area contributed by atoms with Gasteiger partial charge in [-0.05, 0) is 68.6 Å². The van der Waals surface area contributed by atoms with Crippen molar-refractivity contribution in [1.29, 1.82) is 0 Å². The average molecular weight is 306 g/mol. The molecule has 0 spiro atoms. The molecule has 4 unspecified atom stereocenters. The predicted octanol–water partition coefficient (Wildman–Crippen LogP) is 5.23. The lowest BCUT2D eigenvalue weighted by molar-refractivity contribution is -0.105. The highest BCUT2D eigenvalue weighted by atomic mass is 16.7. The summed E-state index contributed by atoms with van der Waals surface area (Å²) in [6.07, 6.45) is 18.5. The summed E-state index contributed by atoms with van der Waals surface area (Å²) in [7, 11) is 0. The summed E-state index contributed by atoms with van der Waals surface area (Å²) in [6.45, 7) is 2.35. The van der Waals surface area contributed by atoms with Gasteiger partial charge in [-0.3, -0.25) is 4.84 Å². The summed E-state index contributed by atoms with van der Waals surface area (Å²) in [4.78, 5) is 6.36. The molecule has 0 radical (unpaired) electrons. The zero-order chi connectivity index (χ0) is 15.0. The molecule has 3 aliphatic carbocycles. The van der Waals surface area contributed by atoms with Crippen molar-refractivity contribution in [3.8, 4) is 0 Å². The molecule has 0 aromatic carbocycles. The summed E-state index contributed by atoms with van der Waals surface area (Å²) in [6, 6.07) is 0.642. The van der Waals surface area contributed by atoms with E-state index in [-0.39, 0.29) is 5.60 Å². The molecule has 0 bridgehead atoms. The highest BCUT2D eigenvalue weighted by Gasteiger charge is 2.48. The molecule has 0 aromatic rings. The maximum atomic E-state index is 6.36. The van der Waals surface area contributed by atoms with E-state index in [2.05, 4.69) is 12.4 Å². The van der Waals surface area contributed by atoms with Gasteiger partial charge in [0.25, 0.3) is 0 Å². The molecule has 4 rings (SSSR count). The second kappa shape index (κ2) is 6.43. The van der Waals surface area contributed by atoms with E-state index in [0.717, 1.165) is 23.7 Å². The van der Waals surface area contributed by atoms with Crippen molar-refractivity contribution in [2.24, 2.45) is 23.7 Å². The topological polar surface area (TPSA) is 21.3 Å². The van der Waals surface area contributed by atoms with E-state index in [9.17, 15) is 0 Å². The van der Waals surface area contributed by atoms with Crippen LogP contribution in [0.15, 0.2) is 0 Å². The van der Waals surface area contributed by atoms with Crippen LogP contribution in [0.4, 0.5) is 0 Å². The first-order chi connectivity index (χ1) is 10.8. The van der Waals surface area contributed by atoms with Crippen LogP contribution in [-0.2, 0) is 4.84 Å². The fourth-order valence-corrected chi connectivity index (χ4v) is 6.40. The maximum Gasteiger partial charge on any atom is 0.0938 e. The first-order valence-corrected chi connectivity index (χ1v) is 10.2. The molecule has 1 heterocycles. The van der Waals surface area contributed by atoms with Crippen molar-refractivity contribution in [2.45, 2.75) is 102 Å². The van der Waals surface area contributed by atoms with Crippen molar-refractivity contribution >= 4 is 0 Å². The highest BCUT2D eigenvalue weighted by Crippen LogP contribution is 2.49. The van der Waals surface area contributed by atoms with Gasteiger partial charge in [-0.1, -0.05) is 45.4 Å². The van der Waals surface area contributed by atoms with Gasteiger partial charge >= 0.3 is 0 Å². The molecule has 2 heteroatoms. The second-order valence-corrected chi connectivity index (χ2v) is 8.81. The molecular formula is C20H35NO. The Kier molecular flexibility index (Phi) is 4.52. The minimum Gasteiger partial charge on any atom is -0.295 e. The first-order valence-electron chi connectivity index (χ1n) is 10.2. The molecule has 0 amide bonds. The van der Waals surface area contributed by atoms with Crippen LogP contribution in [0.3, 0.4) is 0 Å². The smallest absolute Gasteiger partial charge is 0.0938 e. The highest BCUT2D eigenvalue weighted by molar-refractivity contribution is 4.99. The summed E-state index contributed by atoms with van der Waals surface area (Å²) >= 11 is 0. The third-order valence-corrected chi connectivity index (χ3v) is 7.83. The first kappa shape index (κ1) is 15.4. The Labute approximate surface area is 136 Å². The van der Waals surface area contributed by atoms with Gasteiger partial charge in [-0.2, -0.15) is 5.48 Å². The molecule has 4 fully saturated rings. The van der Waals surface area contributed by atoms with Gasteiger partial charge in [0.05, 0.1) is 5.60 Å². The molecule has 126 valence electrons. The van der Waals surface area contributed by atoms with Gasteiger partial charge in [0, 0.05) is 6.04 Å². The monoisotopic (exact) mass is 305 g/mol. The molecule has 1 saturated heterocycles. The van der Waals surface area contributed by atoms with Crippen molar-refractivity contribution in [3.63, 3.8) is 0 Å². The number of rotatable bonds is 3. The van der Waals surface area contributed by atoms with Gasteiger partial charge in [0.2, 0.25) is 0 Å². The van der Waals surface area contributed by atoms with E-state index in [0.29, 0.717) is 6.04 Å². The predicted molar refractivity (Wildman–Crippen MR) is 90.4 cm³/mol. The Bertz CT molecular complexity index is 378. The average Bonchev–Trinajstić information content (AvgIpc) is 3.22. The lowest BCUT2D eigenvalue weighted by Gasteiger charge is -2.38. The van der Waals surface area contributed by atoms with Crippen LogP contribution in [-0.4, -0.2) is 11.6 Å². The lowest BCUT2D eigenvalue weighted by atomic mass is 9.68. The molecule has 0 aromatic heterocycles. The zero-order valence-corrected chi connectivity index (χ0v) is 14.5. The molecule has 2 nitrogen and oxygen atoms in total. The van der Waals surface area contributed by atoms with Crippen LogP contribution >= 0.6 is 0 Å². The van der Waals surface area contributed by atoms with E-state index in [1.165, 1.54) is 83.5 Å². The largest absolute Gasteiger partial charge is 0.295 e. The number of fused-ring (bicyclic) bond motifs is 1. The fraction of sp³-hybridized carbons (Fsp3) is 1.00. The van der Waals surface area contributed by atoms with E-state index in [1.807, 2.05) is 0 Å². The van der Waals surface area contributed by atoms with E-state index < -0.39 is 0 Å². The SMILES string of the molecule is CCC1(C2CCCCC2)CC([C@H]2CCC3CCCC3C2)NO1. The third kappa shape index (κ3) is 2.75. The normalized spacial score (nSPS) is 46.8. The molecular weight excluding hydrogens is 270 g/mol. The Morgan fingerprint density at radius 3 is 2.45 bits per heavy atom. The Hall–Kier alpha value is -0.0800. The van der Waals surface area contributed by atoms with Gasteiger partial charge < -0.3 is 0 Å². The lowest BCUT2D eigenvalue weighted by Crippen LogP contribution is -2.39. The van der Waals surface area contributed by atoms with Crippen LogP contribution in [0.1, 0.15) is 90.4 Å². The summed E-state index contributed by atoms with van der Waals surface area (Å²) < 4.78 is 0. The minimum absolute atomic E-state index is 0.164. The Balaban J connectivity index is 1.40. The zero-order valence-electron chi connectivity index (χ0n) is 14.5. The fourth-order valence-electron chi connectivity index (χ4n) is 6.40. The van der Waals surface area contributed by atoms with Crippen LogP contribution in [0.5, 0.6) is 0 Å². The maximum absolute atomic E-state index is 6.36. The van der Waals surface area contributed by atoms with Crippen LogP contribution in [0.2, 0.25) is 0 Å². The van der Waals surface area contributed by atoms with Crippen LogP contribution in [0.25, 0.3) is 0 Å². The standard InChI is InChI=1S/C20H35NO/c1-2-20(18-9-4-3-5-10-18)14-19(21-22-20)17-12-11-15-7-6-8-16(15)13-17/h15-19,21H,2-14H2,1H3/t15?,16?,17-,19?,20?/m0/s1. The van der Waals surface area contributed by atoms with Crippen LogP contribution < -0.4 is 5.48 Å². The van der Waals surface area contributed by atoms with Gasteiger partial charge in [0.1, 0.15) is 0 Å². The number of hydrogen-bond donors (Lipinski definition) is 1. The summed E-state index contributed by atoms with van der Waals surface area (Å²) in [5.41, 5.74) is 3.71. The minimum atomic E-state index is 0.164. The van der Waals surface area contributed by atoms with Gasteiger partial charge in [0.15, 0.2) is 0 Å². The molecule has 22 heavy (non-hydrogen) atoms. The molecule has 1 N–H and O–H groups in total. The van der Waals surface area contributed by atoms with E-state index in [1.54, 1.807) is 0 Å². The summed E-state index contributed by atoms with van der Waals surface area (Å²) in [5, 5.41) is 0. The van der Waals surface area contributed by atoms with Crippen molar-refractivity contribution in [3.05, 3.63) is 0 Å². The van der Waals surface area contributed by atoms with Crippen LogP contribution in [0, 0.1) is 23.7 Å². The van der Waals surface area contributed by atoms with E-state index >= 15 is 0 Å². The number of hydrogen-bond acceptors (Lipinski definition) is 2. The quantitative estimate of drug-likeness (QED) is 0.771. The van der Waals surface area contributed by atoms with Gasteiger partial charge in [-0.15, -0.1) is 0 Å². The van der Waals surface area contributed by atoms with Crippen molar-refractivity contribution in [1.82, 2.24) is 5.48 Å². The Morgan fingerprint density at radius 1 is 0.864 bits per heavy atom. The Morgan fingerprint density at radius 2 is 1.64 bits per heavy atom. The van der Waals surface area contributed by atoms with Crippen molar-refractivity contribution in [2.75, 3.05) is 0 Å². The molecule has 1 aliphatic heterocycles. The molecule has 5 atom stereocenters. The van der Waals surface area contributed by atoms with E-state index in [4.69, 9.17) is 4.84 Å². The second-order valence-electron chi connectivity index (χ2n) is 8.81. The molecule has 4 aliphatic rings. The summed E-state index contributed by atoms with van der Waals surface area (Å²) in [5.74, 6) is 3.82. The van der Waals surface area contributed by atoms with Crippen molar-refractivity contribution < 1.29 is 4.84 Å². The number of nitrogens with one attached hydrogen (secondary N) is 1. The number of hydroxylamine groups is 1. The third-order valence-electron chi connectivity index (χ3n) is 7.83.